The molecule has 2 aliphatic heterocycles. The van der Waals surface area contributed by atoms with Crippen LogP contribution >= 0.6 is 0 Å². The number of anilines is 1. The molecule has 0 saturated carbocycles. The van der Waals surface area contributed by atoms with Crippen LogP contribution in [0.1, 0.15) is 31.2 Å². The van der Waals surface area contributed by atoms with Gasteiger partial charge in [0.1, 0.15) is 6.61 Å². The van der Waals surface area contributed by atoms with E-state index in [0.717, 1.165) is 39.0 Å². The van der Waals surface area contributed by atoms with Gasteiger partial charge >= 0.3 is 0 Å². The number of rotatable bonds is 7. The molecular weight excluding hydrogens is 304 g/mol. The predicted molar refractivity (Wildman–Crippen MR) is 94.4 cm³/mol. The summed E-state index contributed by atoms with van der Waals surface area (Å²) in [4.78, 5) is 14.2. The number of para-hydroxylation sites is 1. The number of nitrogens with zero attached hydrogens (tertiary/aromatic N) is 1. The van der Waals surface area contributed by atoms with Gasteiger partial charge < -0.3 is 19.7 Å². The predicted octanol–water partition coefficient (Wildman–Crippen LogP) is 2.14. The smallest absolute Gasteiger partial charge is 0.246 e. The van der Waals surface area contributed by atoms with Crippen LogP contribution in [0, 0.1) is 0 Å². The summed E-state index contributed by atoms with van der Waals surface area (Å²) in [5, 5.41) is 2.95. The quantitative estimate of drug-likeness (QED) is 0.831. The van der Waals surface area contributed by atoms with Crippen LogP contribution in [0.2, 0.25) is 0 Å². The zero-order chi connectivity index (χ0) is 16.6. The van der Waals surface area contributed by atoms with Gasteiger partial charge in [-0.25, -0.2) is 0 Å². The molecule has 1 aromatic rings. The standard InChI is InChI=1S/C19H28N2O3/c22-19(15-23-14-17-8-3-4-13-24-17)20-10-12-21-11-5-7-16-6-1-2-9-18(16)21/h1-2,6,9,17H,3-5,7-8,10-15H2,(H,20,22). The number of nitrogens with one attached hydrogen (secondary N) is 1. The largest absolute Gasteiger partial charge is 0.376 e. The van der Waals surface area contributed by atoms with Crippen LogP contribution in [-0.2, 0) is 20.7 Å². The van der Waals surface area contributed by atoms with E-state index in [-0.39, 0.29) is 18.6 Å². The molecule has 1 aromatic carbocycles. The SMILES string of the molecule is O=C(COCC1CCCCO1)NCCN1CCCc2ccccc21. The molecule has 132 valence electrons. The van der Waals surface area contributed by atoms with Crippen molar-refractivity contribution >= 4 is 11.6 Å². The van der Waals surface area contributed by atoms with E-state index in [4.69, 9.17) is 9.47 Å². The monoisotopic (exact) mass is 332 g/mol. The molecule has 1 fully saturated rings. The van der Waals surface area contributed by atoms with E-state index in [1.807, 2.05) is 0 Å². The van der Waals surface area contributed by atoms with E-state index in [1.165, 1.54) is 24.1 Å². The van der Waals surface area contributed by atoms with Crippen LogP contribution in [0.15, 0.2) is 24.3 Å². The highest BCUT2D eigenvalue weighted by Crippen LogP contribution is 2.25. The highest BCUT2D eigenvalue weighted by Gasteiger charge is 2.16. The molecule has 2 heterocycles. The van der Waals surface area contributed by atoms with Crippen LogP contribution in [0.25, 0.3) is 0 Å². The fourth-order valence-electron chi connectivity index (χ4n) is 3.45. The first-order valence-corrected chi connectivity index (χ1v) is 9.12. The molecule has 1 N–H and O–H groups in total. The first-order chi connectivity index (χ1) is 11.8. The third kappa shape index (κ3) is 4.95. The van der Waals surface area contributed by atoms with Crippen molar-refractivity contribution in [2.45, 2.75) is 38.2 Å². The number of ether oxygens (including phenoxy) is 2. The van der Waals surface area contributed by atoms with Crippen molar-refractivity contribution < 1.29 is 14.3 Å². The number of amides is 1. The van der Waals surface area contributed by atoms with Gasteiger partial charge in [0.25, 0.3) is 0 Å². The maximum absolute atomic E-state index is 11.9. The second kappa shape index (κ2) is 9.04. The molecular formula is C19H28N2O3. The average molecular weight is 332 g/mol. The molecule has 24 heavy (non-hydrogen) atoms. The van der Waals surface area contributed by atoms with Gasteiger partial charge in [0.05, 0.1) is 12.7 Å². The number of hydrogen-bond acceptors (Lipinski definition) is 4. The van der Waals surface area contributed by atoms with Crippen molar-refractivity contribution in [3.8, 4) is 0 Å². The summed E-state index contributed by atoms with van der Waals surface area (Å²) in [5.74, 6) is -0.0453. The molecule has 2 aliphatic rings. The number of hydrogen-bond donors (Lipinski definition) is 1. The molecule has 3 rings (SSSR count). The maximum atomic E-state index is 11.9. The van der Waals surface area contributed by atoms with Crippen molar-refractivity contribution in [2.75, 3.05) is 44.4 Å². The third-order valence-electron chi connectivity index (χ3n) is 4.72. The van der Waals surface area contributed by atoms with Gasteiger partial charge in [-0.05, 0) is 43.7 Å². The van der Waals surface area contributed by atoms with Crippen LogP contribution < -0.4 is 10.2 Å². The fraction of sp³-hybridized carbons (Fsp3) is 0.632. The number of carbonyl (C=O) groups is 1. The highest BCUT2D eigenvalue weighted by molar-refractivity contribution is 5.77. The van der Waals surface area contributed by atoms with E-state index < -0.39 is 0 Å². The Bertz CT molecular complexity index is 529. The zero-order valence-corrected chi connectivity index (χ0v) is 14.3. The molecule has 1 saturated heterocycles. The maximum Gasteiger partial charge on any atom is 0.246 e. The van der Waals surface area contributed by atoms with Crippen LogP contribution in [-0.4, -0.2) is 51.5 Å². The molecule has 0 spiro atoms. The molecule has 0 aromatic heterocycles. The average Bonchev–Trinajstić information content (AvgIpc) is 2.63. The lowest BCUT2D eigenvalue weighted by atomic mass is 10.0. The van der Waals surface area contributed by atoms with Gasteiger partial charge in [0.15, 0.2) is 0 Å². The van der Waals surface area contributed by atoms with Crippen molar-refractivity contribution in [2.24, 2.45) is 0 Å². The van der Waals surface area contributed by atoms with Crippen molar-refractivity contribution in [1.29, 1.82) is 0 Å². The Hall–Kier alpha value is -1.59. The van der Waals surface area contributed by atoms with Crippen LogP contribution in [0.3, 0.4) is 0 Å². The van der Waals surface area contributed by atoms with E-state index in [0.29, 0.717) is 13.2 Å². The number of fused-ring (bicyclic) bond motifs is 1. The van der Waals surface area contributed by atoms with E-state index in [9.17, 15) is 4.79 Å². The second-order valence-corrected chi connectivity index (χ2v) is 6.57. The van der Waals surface area contributed by atoms with E-state index >= 15 is 0 Å². The van der Waals surface area contributed by atoms with Crippen LogP contribution in [0.4, 0.5) is 5.69 Å². The number of aryl methyl sites for hydroxylation is 1. The molecule has 0 bridgehead atoms. The fourth-order valence-corrected chi connectivity index (χ4v) is 3.45. The van der Waals surface area contributed by atoms with E-state index in [2.05, 4.69) is 34.5 Å². The third-order valence-corrected chi connectivity index (χ3v) is 4.72. The Morgan fingerprint density at radius 1 is 1.29 bits per heavy atom. The lowest BCUT2D eigenvalue weighted by Crippen LogP contribution is -2.39. The molecule has 1 amide bonds. The Labute approximate surface area is 144 Å². The number of carbonyl (C=O) groups excluding carboxylic acids is 1. The van der Waals surface area contributed by atoms with Gasteiger partial charge in [-0.15, -0.1) is 0 Å². The molecule has 0 radical (unpaired) electrons. The summed E-state index contributed by atoms with van der Waals surface area (Å²) in [6, 6.07) is 8.54. The Morgan fingerprint density at radius 3 is 3.08 bits per heavy atom. The van der Waals surface area contributed by atoms with Gasteiger partial charge in [0.2, 0.25) is 5.91 Å². The minimum Gasteiger partial charge on any atom is -0.376 e. The molecule has 1 unspecified atom stereocenters. The summed E-state index contributed by atoms with van der Waals surface area (Å²) in [7, 11) is 0. The van der Waals surface area contributed by atoms with Crippen LogP contribution in [0.5, 0.6) is 0 Å². The molecule has 5 heteroatoms. The van der Waals surface area contributed by atoms with Gasteiger partial charge in [-0.2, -0.15) is 0 Å². The molecule has 1 atom stereocenters. The van der Waals surface area contributed by atoms with Gasteiger partial charge in [0, 0.05) is 31.9 Å². The van der Waals surface area contributed by atoms with Crippen molar-refractivity contribution in [3.63, 3.8) is 0 Å². The Morgan fingerprint density at radius 2 is 2.21 bits per heavy atom. The van der Waals surface area contributed by atoms with Crippen molar-refractivity contribution in [3.05, 3.63) is 29.8 Å². The first kappa shape index (κ1) is 17.2. The molecule has 5 nitrogen and oxygen atoms in total. The summed E-state index contributed by atoms with van der Waals surface area (Å²) in [6.45, 7) is 4.01. The number of benzene rings is 1. The molecule has 0 aliphatic carbocycles. The lowest BCUT2D eigenvalue weighted by molar-refractivity contribution is -0.127. The highest BCUT2D eigenvalue weighted by atomic mass is 16.5. The summed E-state index contributed by atoms with van der Waals surface area (Å²) in [6.07, 6.45) is 5.85. The second-order valence-electron chi connectivity index (χ2n) is 6.57. The minimum atomic E-state index is -0.0453. The topological polar surface area (TPSA) is 50.8 Å². The van der Waals surface area contributed by atoms with Gasteiger partial charge in [-0.3, -0.25) is 4.79 Å². The lowest BCUT2D eigenvalue weighted by Gasteiger charge is -2.31. The Kier molecular flexibility index (Phi) is 6.49. The van der Waals surface area contributed by atoms with Crippen molar-refractivity contribution in [1.82, 2.24) is 5.32 Å². The summed E-state index contributed by atoms with van der Waals surface area (Å²) in [5.41, 5.74) is 2.72. The van der Waals surface area contributed by atoms with Gasteiger partial charge in [-0.1, -0.05) is 18.2 Å². The minimum absolute atomic E-state index is 0.0453. The van der Waals surface area contributed by atoms with E-state index in [1.54, 1.807) is 0 Å². The zero-order valence-electron chi connectivity index (χ0n) is 14.3. The summed E-state index contributed by atoms with van der Waals surface area (Å²) >= 11 is 0. The normalized spacial score (nSPS) is 20.5. The first-order valence-electron chi connectivity index (χ1n) is 9.12. The Balaban J connectivity index is 1.32. The summed E-state index contributed by atoms with van der Waals surface area (Å²) < 4.78 is 11.1.